The molecule has 134 valence electrons. The monoisotopic (exact) mass is 369 g/mol. The molecule has 3 aliphatic heterocycles. The lowest BCUT2D eigenvalue weighted by atomic mass is 9.97. The zero-order valence-electron chi connectivity index (χ0n) is 14.2. The van der Waals surface area contributed by atoms with Crippen LogP contribution in [-0.2, 0) is 9.59 Å². The summed E-state index contributed by atoms with van der Waals surface area (Å²) in [6.07, 6.45) is 5.31. The highest BCUT2D eigenvalue weighted by Crippen LogP contribution is 2.33. The second-order valence-corrected chi connectivity index (χ2v) is 7.53. The molecule has 2 amide bonds. The number of thioether (sulfide) groups is 1. The van der Waals surface area contributed by atoms with E-state index in [1.165, 1.54) is 11.8 Å². The number of amides is 2. The minimum absolute atomic E-state index is 0.0754. The molecule has 4 rings (SSSR count). The van der Waals surface area contributed by atoms with Gasteiger partial charge in [-0.1, -0.05) is 18.2 Å². The SMILES string of the molecule is NC(=O)C1CCN(C2=NC(=O)/C(=C\C3=Cc4ccccc4OC3)S2)CC1. The van der Waals surface area contributed by atoms with Crippen LogP contribution in [0, 0.1) is 5.92 Å². The molecule has 1 fully saturated rings. The van der Waals surface area contributed by atoms with Gasteiger partial charge >= 0.3 is 0 Å². The van der Waals surface area contributed by atoms with Crippen LogP contribution in [0.2, 0.25) is 0 Å². The van der Waals surface area contributed by atoms with Crippen LogP contribution in [0.1, 0.15) is 18.4 Å². The number of para-hydroxylation sites is 1. The lowest BCUT2D eigenvalue weighted by molar-refractivity contribution is -0.123. The number of likely N-dealkylation sites (tertiary alicyclic amines) is 1. The molecule has 2 N–H and O–H groups in total. The second-order valence-electron chi connectivity index (χ2n) is 6.52. The minimum Gasteiger partial charge on any atom is -0.488 e. The molecule has 6 nitrogen and oxygen atoms in total. The van der Waals surface area contributed by atoms with Crippen molar-refractivity contribution in [1.82, 2.24) is 4.90 Å². The topological polar surface area (TPSA) is 85.0 Å². The highest BCUT2D eigenvalue weighted by atomic mass is 32.2. The molecule has 3 heterocycles. The van der Waals surface area contributed by atoms with E-state index in [1.807, 2.05) is 36.4 Å². The maximum Gasteiger partial charge on any atom is 0.286 e. The number of hydrogen-bond acceptors (Lipinski definition) is 5. The second kappa shape index (κ2) is 6.99. The van der Waals surface area contributed by atoms with Crippen LogP contribution in [0.3, 0.4) is 0 Å². The molecule has 0 radical (unpaired) electrons. The Hall–Kier alpha value is -2.54. The van der Waals surface area contributed by atoms with E-state index in [0.717, 1.165) is 16.9 Å². The highest BCUT2D eigenvalue weighted by Gasteiger charge is 2.30. The predicted octanol–water partition coefficient (Wildman–Crippen LogP) is 2.17. The predicted molar refractivity (Wildman–Crippen MR) is 102 cm³/mol. The fourth-order valence-corrected chi connectivity index (χ4v) is 4.25. The van der Waals surface area contributed by atoms with Gasteiger partial charge < -0.3 is 15.4 Å². The van der Waals surface area contributed by atoms with Crippen molar-refractivity contribution in [2.75, 3.05) is 19.7 Å². The Morgan fingerprint density at radius 3 is 2.85 bits per heavy atom. The first-order valence-electron chi connectivity index (χ1n) is 8.59. The van der Waals surface area contributed by atoms with Crippen molar-refractivity contribution < 1.29 is 14.3 Å². The van der Waals surface area contributed by atoms with Gasteiger partial charge in [0.2, 0.25) is 5.91 Å². The first-order valence-corrected chi connectivity index (χ1v) is 9.41. The van der Waals surface area contributed by atoms with Crippen LogP contribution in [-0.4, -0.2) is 41.6 Å². The van der Waals surface area contributed by atoms with Crippen LogP contribution in [0.25, 0.3) is 6.08 Å². The standard InChI is InChI=1S/C19H19N3O3S/c20-17(23)13-5-7-22(8-6-13)19-21-18(24)16(26-19)10-12-9-14-3-1-2-4-15(14)25-11-12/h1-4,9-10,13H,5-8,11H2,(H2,20,23)/b16-10+. The number of benzene rings is 1. The summed E-state index contributed by atoms with van der Waals surface area (Å²) in [4.78, 5) is 30.4. The number of carbonyl (C=O) groups excluding carboxylic acids is 2. The Balaban J connectivity index is 1.45. The fourth-order valence-electron chi connectivity index (χ4n) is 3.27. The Bertz CT molecular complexity index is 851. The Kier molecular flexibility index (Phi) is 4.55. The molecule has 0 atom stereocenters. The zero-order valence-corrected chi connectivity index (χ0v) is 15.0. The van der Waals surface area contributed by atoms with Crippen molar-refractivity contribution in [3.05, 3.63) is 46.4 Å². The van der Waals surface area contributed by atoms with Crippen LogP contribution in [0.4, 0.5) is 0 Å². The van der Waals surface area contributed by atoms with Crippen molar-refractivity contribution >= 4 is 34.8 Å². The number of fused-ring (bicyclic) bond motifs is 1. The summed E-state index contributed by atoms with van der Waals surface area (Å²) in [6.45, 7) is 1.83. The van der Waals surface area contributed by atoms with Crippen molar-refractivity contribution in [2.24, 2.45) is 16.6 Å². The third-order valence-electron chi connectivity index (χ3n) is 4.75. The number of amidine groups is 1. The third-order valence-corrected chi connectivity index (χ3v) is 5.79. The number of nitrogens with two attached hydrogens (primary N) is 1. The van der Waals surface area contributed by atoms with Gasteiger partial charge in [-0.25, -0.2) is 0 Å². The molecule has 0 unspecified atom stereocenters. The minimum atomic E-state index is -0.244. The van der Waals surface area contributed by atoms with Crippen molar-refractivity contribution in [2.45, 2.75) is 12.8 Å². The fraction of sp³-hybridized carbons (Fsp3) is 0.316. The molecule has 1 aromatic rings. The summed E-state index contributed by atoms with van der Waals surface area (Å²) >= 11 is 1.38. The molecule has 3 aliphatic rings. The number of piperidine rings is 1. The summed E-state index contributed by atoms with van der Waals surface area (Å²) < 4.78 is 5.73. The van der Waals surface area contributed by atoms with Crippen LogP contribution in [0.5, 0.6) is 5.75 Å². The molecule has 0 aromatic heterocycles. The highest BCUT2D eigenvalue weighted by molar-refractivity contribution is 8.18. The van der Waals surface area contributed by atoms with E-state index in [2.05, 4.69) is 9.89 Å². The van der Waals surface area contributed by atoms with E-state index >= 15 is 0 Å². The third kappa shape index (κ3) is 3.39. The average Bonchev–Trinajstić information content (AvgIpc) is 3.02. The molecule has 0 spiro atoms. The van der Waals surface area contributed by atoms with E-state index in [-0.39, 0.29) is 17.7 Å². The van der Waals surface area contributed by atoms with E-state index < -0.39 is 0 Å². The number of aliphatic imine (C=N–C) groups is 1. The molecular weight excluding hydrogens is 350 g/mol. The number of rotatable bonds is 2. The molecular formula is C19H19N3O3S. The lowest BCUT2D eigenvalue weighted by Crippen LogP contribution is -2.40. The largest absolute Gasteiger partial charge is 0.488 e. The van der Waals surface area contributed by atoms with E-state index in [1.54, 1.807) is 0 Å². The van der Waals surface area contributed by atoms with Gasteiger partial charge in [0.25, 0.3) is 5.91 Å². The molecule has 1 saturated heterocycles. The van der Waals surface area contributed by atoms with Gasteiger partial charge in [-0.2, -0.15) is 4.99 Å². The molecule has 0 aliphatic carbocycles. The van der Waals surface area contributed by atoms with Gasteiger partial charge in [0.05, 0.1) is 4.91 Å². The summed E-state index contributed by atoms with van der Waals surface area (Å²) in [5.74, 6) is 0.316. The lowest BCUT2D eigenvalue weighted by Gasteiger charge is -2.31. The summed E-state index contributed by atoms with van der Waals surface area (Å²) in [6, 6.07) is 7.82. The van der Waals surface area contributed by atoms with Gasteiger partial charge in [-0.15, -0.1) is 0 Å². The quantitative estimate of drug-likeness (QED) is 0.808. The average molecular weight is 369 g/mol. The van der Waals surface area contributed by atoms with Gasteiger partial charge in [0.15, 0.2) is 5.17 Å². The van der Waals surface area contributed by atoms with Gasteiger partial charge in [0.1, 0.15) is 12.4 Å². The van der Waals surface area contributed by atoms with Gasteiger partial charge in [-0.05, 0) is 48.4 Å². The van der Waals surface area contributed by atoms with Crippen molar-refractivity contribution in [1.29, 1.82) is 0 Å². The number of nitrogens with zero attached hydrogens (tertiary/aromatic N) is 2. The van der Waals surface area contributed by atoms with Gasteiger partial charge in [0, 0.05) is 24.6 Å². The normalized spacial score (nSPS) is 21.9. The Labute approximate surface area is 155 Å². The Morgan fingerprint density at radius 1 is 1.31 bits per heavy atom. The Morgan fingerprint density at radius 2 is 2.08 bits per heavy atom. The molecule has 0 bridgehead atoms. The smallest absolute Gasteiger partial charge is 0.286 e. The summed E-state index contributed by atoms with van der Waals surface area (Å²) in [7, 11) is 0. The summed E-state index contributed by atoms with van der Waals surface area (Å²) in [5, 5.41) is 0.710. The maximum absolute atomic E-state index is 12.3. The number of ether oxygens (including phenoxy) is 1. The van der Waals surface area contributed by atoms with Gasteiger partial charge in [-0.3, -0.25) is 9.59 Å². The van der Waals surface area contributed by atoms with E-state index in [4.69, 9.17) is 10.5 Å². The van der Waals surface area contributed by atoms with Crippen LogP contribution < -0.4 is 10.5 Å². The zero-order chi connectivity index (χ0) is 18.1. The van der Waals surface area contributed by atoms with E-state index in [9.17, 15) is 9.59 Å². The van der Waals surface area contributed by atoms with Crippen LogP contribution in [0.15, 0.2) is 45.8 Å². The molecule has 0 saturated carbocycles. The van der Waals surface area contributed by atoms with Crippen molar-refractivity contribution in [3.63, 3.8) is 0 Å². The molecule has 1 aromatic carbocycles. The number of primary amides is 1. The maximum atomic E-state index is 12.3. The molecule has 7 heteroatoms. The first-order chi connectivity index (χ1) is 12.6. The first kappa shape index (κ1) is 16.9. The van der Waals surface area contributed by atoms with E-state index in [0.29, 0.717) is 42.6 Å². The molecule has 26 heavy (non-hydrogen) atoms. The summed E-state index contributed by atoms with van der Waals surface area (Å²) in [5.41, 5.74) is 7.33. The van der Waals surface area contributed by atoms with Crippen molar-refractivity contribution in [3.8, 4) is 5.75 Å². The number of carbonyl (C=O) groups is 2. The number of hydrogen-bond donors (Lipinski definition) is 1. The van der Waals surface area contributed by atoms with Crippen LogP contribution >= 0.6 is 11.8 Å².